The van der Waals surface area contributed by atoms with E-state index in [0.29, 0.717) is 18.0 Å². The molecule has 0 aromatic heterocycles. The number of benzene rings is 3. The summed E-state index contributed by atoms with van der Waals surface area (Å²) in [5.74, 6) is 0.432. The highest BCUT2D eigenvalue weighted by Crippen LogP contribution is 2.45. The molecule has 0 bridgehead atoms. The fraction of sp³-hybridized carbons (Fsp3) is 0.290. The topological polar surface area (TPSA) is 6.48 Å². The molecule has 2 aliphatic rings. The fourth-order valence-electron chi connectivity index (χ4n) is 5.64. The Morgan fingerprint density at radius 1 is 0.909 bits per heavy atom. The van der Waals surface area contributed by atoms with Crippen molar-refractivity contribution in [3.8, 4) is 0 Å². The van der Waals surface area contributed by atoms with Gasteiger partial charge in [0.15, 0.2) is 0 Å². The zero-order valence-electron chi connectivity index (χ0n) is 19.7. The van der Waals surface area contributed by atoms with Crippen LogP contribution in [-0.4, -0.2) is 35.5 Å². The van der Waals surface area contributed by atoms with Crippen LogP contribution in [0.15, 0.2) is 104 Å². The van der Waals surface area contributed by atoms with E-state index in [1.807, 2.05) is 0 Å². The van der Waals surface area contributed by atoms with Gasteiger partial charge in [0.25, 0.3) is 0 Å². The lowest BCUT2D eigenvalue weighted by atomic mass is 9.89. The zero-order valence-corrected chi connectivity index (χ0v) is 19.7. The average molecular weight is 435 g/mol. The number of hydrogen-bond donors (Lipinski definition) is 0. The van der Waals surface area contributed by atoms with E-state index >= 15 is 0 Å². The molecule has 0 radical (unpaired) electrons. The highest BCUT2D eigenvalue weighted by Gasteiger charge is 2.41. The van der Waals surface area contributed by atoms with Gasteiger partial charge in [-0.2, -0.15) is 0 Å². The van der Waals surface area contributed by atoms with Gasteiger partial charge in [0.2, 0.25) is 0 Å². The summed E-state index contributed by atoms with van der Waals surface area (Å²) >= 11 is 0. The Bertz CT molecular complexity index is 1110. The highest BCUT2D eigenvalue weighted by molar-refractivity contribution is 5.71. The van der Waals surface area contributed by atoms with Gasteiger partial charge in [-0.1, -0.05) is 104 Å². The second-order valence-electron chi connectivity index (χ2n) is 9.66. The predicted octanol–water partition coefficient (Wildman–Crippen LogP) is 6.69. The van der Waals surface area contributed by atoms with Crippen LogP contribution in [0.5, 0.6) is 0 Å². The summed E-state index contributed by atoms with van der Waals surface area (Å²) in [7, 11) is 0. The molecule has 2 unspecified atom stereocenters. The Kier molecular flexibility index (Phi) is 6.20. The third-order valence-corrected chi connectivity index (χ3v) is 7.41. The molecule has 0 N–H and O–H groups in total. The molecule has 5 rings (SSSR count). The van der Waals surface area contributed by atoms with E-state index in [-0.39, 0.29) is 0 Å². The molecule has 168 valence electrons. The summed E-state index contributed by atoms with van der Waals surface area (Å²) in [4.78, 5) is 5.21. The van der Waals surface area contributed by atoms with Crippen LogP contribution in [0.25, 0.3) is 5.70 Å². The second kappa shape index (κ2) is 9.41. The van der Waals surface area contributed by atoms with Crippen molar-refractivity contribution in [2.45, 2.75) is 37.8 Å². The summed E-state index contributed by atoms with van der Waals surface area (Å²) in [6.45, 7) is 14.3. The van der Waals surface area contributed by atoms with E-state index in [4.69, 9.17) is 0 Å². The summed E-state index contributed by atoms with van der Waals surface area (Å²) in [5, 5.41) is 0. The molecule has 2 heteroatoms. The lowest BCUT2D eigenvalue weighted by molar-refractivity contribution is 0.0486. The van der Waals surface area contributed by atoms with Gasteiger partial charge in [0.1, 0.15) is 0 Å². The Morgan fingerprint density at radius 2 is 1.55 bits per heavy atom. The quantitative estimate of drug-likeness (QED) is 0.364. The van der Waals surface area contributed by atoms with Gasteiger partial charge >= 0.3 is 0 Å². The first-order chi connectivity index (χ1) is 16.1. The molecule has 3 aromatic rings. The first kappa shape index (κ1) is 21.7. The lowest BCUT2D eigenvalue weighted by Gasteiger charge is -2.48. The predicted molar refractivity (Wildman–Crippen MR) is 139 cm³/mol. The average Bonchev–Trinajstić information content (AvgIpc) is 3.08. The third-order valence-electron chi connectivity index (χ3n) is 7.41. The number of likely N-dealkylation sites (tertiary alicyclic amines) is 1. The SMILES string of the molecule is C=C(C)C(CCN1CC(N2C(=C)c3ccccc3C2Cc2ccccc2)C1)c1ccccc1. The van der Waals surface area contributed by atoms with Gasteiger partial charge in [-0.05, 0) is 43.0 Å². The van der Waals surface area contributed by atoms with Crippen LogP contribution < -0.4 is 0 Å². The van der Waals surface area contributed by atoms with E-state index in [0.717, 1.165) is 32.5 Å². The number of fused-ring (bicyclic) bond motifs is 1. The standard InChI is InChI=1S/C31H34N2/c1-23(2)28(26-14-8-5-9-15-26)18-19-32-21-27(22-32)33-24(3)29-16-10-11-17-30(29)31(33)20-25-12-6-4-7-13-25/h4-17,27-28,31H,1,3,18-22H2,2H3. The Morgan fingerprint density at radius 3 is 2.24 bits per heavy atom. The fourth-order valence-corrected chi connectivity index (χ4v) is 5.64. The first-order valence-electron chi connectivity index (χ1n) is 12.1. The molecule has 2 aliphatic heterocycles. The van der Waals surface area contributed by atoms with Crippen molar-refractivity contribution < 1.29 is 0 Å². The molecule has 2 atom stereocenters. The minimum atomic E-state index is 0.371. The smallest absolute Gasteiger partial charge is 0.0593 e. The molecule has 1 saturated heterocycles. The molecular formula is C31H34N2. The highest BCUT2D eigenvalue weighted by atomic mass is 15.3. The second-order valence-corrected chi connectivity index (χ2v) is 9.66. The summed E-state index contributed by atoms with van der Waals surface area (Å²) in [6.07, 6.45) is 2.15. The van der Waals surface area contributed by atoms with Crippen LogP contribution in [0, 0.1) is 0 Å². The van der Waals surface area contributed by atoms with E-state index in [2.05, 4.69) is 115 Å². The van der Waals surface area contributed by atoms with Crippen LogP contribution >= 0.6 is 0 Å². The zero-order chi connectivity index (χ0) is 22.8. The van der Waals surface area contributed by atoms with Crippen LogP contribution in [-0.2, 0) is 6.42 Å². The molecule has 2 nitrogen and oxygen atoms in total. The Hall–Kier alpha value is -3.10. The molecule has 33 heavy (non-hydrogen) atoms. The maximum atomic E-state index is 4.53. The normalized spacial score (nSPS) is 19.2. The van der Waals surface area contributed by atoms with Crippen molar-refractivity contribution in [2.24, 2.45) is 0 Å². The molecule has 0 amide bonds. The molecule has 0 aliphatic carbocycles. The van der Waals surface area contributed by atoms with Crippen LogP contribution in [0.1, 0.15) is 47.6 Å². The van der Waals surface area contributed by atoms with Crippen molar-refractivity contribution in [2.75, 3.05) is 19.6 Å². The molecule has 3 aromatic carbocycles. The van der Waals surface area contributed by atoms with Gasteiger partial charge in [0, 0.05) is 30.3 Å². The summed E-state index contributed by atoms with van der Waals surface area (Å²) in [6, 6.07) is 31.4. The van der Waals surface area contributed by atoms with E-state index in [1.54, 1.807) is 0 Å². The summed E-state index contributed by atoms with van der Waals surface area (Å²) in [5.41, 5.74) is 7.97. The number of hydrogen-bond acceptors (Lipinski definition) is 2. The van der Waals surface area contributed by atoms with Gasteiger partial charge in [-0.3, -0.25) is 4.90 Å². The Balaban J connectivity index is 1.26. The van der Waals surface area contributed by atoms with E-state index < -0.39 is 0 Å². The van der Waals surface area contributed by atoms with Gasteiger partial charge < -0.3 is 4.90 Å². The monoisotopic (exact) mass is 434 g/mol. The molecule has 0 saturated carbocycles. The Labute approximate surface area is 198 Å². The summed E-state index contributed by atoms with van der Waals surface area (Å²) < 4.78 is 0. The van der Waals surface area contributed by atoms with Gasteiger partial charge in [-0.25, -0.2) is 0 Å². The first-order valence-corrected chi connectivity index (χ1v) is 12.1. The number of rotatable bonds is 8. The minimum absolute atomic E-state index is 0.371. The lowest BCUT2D eigenvalue weighted by Crippen LogP contribution is -2.58. The number of allylic oxidation sites excluding steroid dienone is 1. The minimum Gasteiger partial charge on any atom is -0.359 e. The molecular weight excluding hydrogens is 400 g/mol. The van der Waals surface area contributed by atoms with E-state index in [9.17, 15) is 0 Å². The van der Waals surface area contributed by atoms with Gasteiger partial charge in [0.05, 0.1) is 12.1 Å². The van der Waals surface area contributed by atoms with Crippen molar-refractivity contribution in [1.29, 1.82) is 0 Å². The van der Waals surface area contributed by atoms with Crippen molar-refractivity contribution in [3.63, 3.8) is 0 Å². The van der Waals surface area contributed by atoms with Crippen molar-refractivity contribution in [3.05, 3.63) is 126 Å². The van der Waals surface area contributed by atoms with Crippen molar-refractivity contribution >= 4 is 5.70 Å². The largest absolute Gasteiger partial charge is 0.359 e. The molecule has 2 heterocycles. The van der Waals surface area contributed by atoms with Crippen LogP contribution in [0.3, 0.4) is 0 Å². The number of nitrogens with zero attached hydrogens (tertiary/aromatic N) is 2. The maximum Gasteiger partial charge on any atom is 0.0593 e. The van der Waals surface area contributed by atoms with Crippen molar-refractivity contribution in [1.82, 2.24) is 9.80 Å². The third kappa shape index (κ3) is 4.41. The van der Waals surface area contributed by atoms with Crippen LogP contribution in [0.2, 0.25) is 0 Å². The van der Waals surface area contributed by atoms with E-state index in [1.165, 1.54) is 33.5 Å². The molecule has 1 fully saturated rings. The van der Waals surface area contributed by atoms with Crippen LogP contribution in [0.4, 0.5) is 0 Å². The molecule has 0 spiro atoms. The van der Waals surface area contributed by atoms with Gasteiger partial charge in [-0.15, -0.1) is 0 Å². The maximum absolute atomic E-state index is 4.53.